The van der Waals surface area contributed by atoms with Crippen LogP contribution in [0.5, 0.6) is 0 Å². The topological polar surface area (TPSA) is 46.8 Å². The number of para-hydroxylation sites is 1. The van der Waals surface area contributed by atoms with Crippen molar-refractivity contribution in [1.29, 1.82) is 0 Å². The average molecular weight is 356 g/mol. The number of benzene rings is 2. The second kappa shape index (κ2) is 8.12. The lowest BCUT2D eigenvalue weighted by atomic mass is 10.0. The number of anilines is 1. The highest BCUT2D eigenvalue weighted by molar-refractivity contribution is 5.85. The van der Waals surface area contributed by atoms with Crippen LogP contribution >= 0.6 is 12.4 Å². The van der Waals surface area contributed by atoms with Gasteiger partial charge in [-0.05, 0) is 46.9 Å². The number of rotatable bonds is 5. The van der Waals surface area contributed by atoms with E-state index >= 15 is 0 Å². The minimum Gasteiger partial charge on any atom is -0.364 e. The zero-order valence-corrected chi connectivity index (χ0v) is 14.9. The molecular weight excluding hydrogens is 334 g/mol. The predicted molar refractivity (Wildman–Crippen MR) is 101 cm³/mol. The van der Waals surface area contributed by atoms with Crippen LogP contribution in [0.15, 0.2) is 54.6 Å². The Hall–Kier alpha value is -2.40. The molecule has 2 heterocycles. The second-order valence-corrected chi connectivity index (χ2v) is 6.21. The Morgan fingerprint density at radius 1 is 0.960 bits per heavy atom. The number of fused-ring (bicyclic) bond motifs is 1. The molecule has 3 aromatic rings. The standard InChI is InChI=1S/C19H21N5.ClH/c1-2-7-16(8-3-1)12-14-24-19(20-21-22-24)15-23-13-6-10-17-9-4-5-11-18(17)23;/h1-5,7-9,11H,6,10,12-15H2;1H. The molecule has 1 aromatic heterocycles. The van der Waals surface area contributed by atoms with Crippen molar-refractivity contribution in [3.05, 3.63) is 71.5 Å². The molecule has 0 unspecified atom stereocenters. The molecule has 0 amide bonds. The van der Waals surface area contributed by atoms with Crippen LogP contribution in [0.25, 0.3) is 0 Å². The number of nitrogens with zero attached hydrogens (tertiary/aromatic N) is 5. The van der Waals surface area contributed by atoms with Crippen molar-refractivity contribution < 1.29 is 0 Å². The fourth-order valence-electron chi connectivity index (χ4n) is 3.34. The minimum atomic E-state index is 0. The van der Waals surface area contributed by atoms with Crippen molar-refractivity contribution in [2.24, 2.45) is 0 Å². The van der Waals surface area contributed by atoms with E-state index in [0.29, 0.717) is 0 Å². The van der Waals surface area contributed by atoms with Crippen LogP contribution in [0.1, 0.15) is 23.4 Å². The van der Waals surface area contributed by atoms with Gasteiger partial charge in [-0.15, -0.1) is 17.5 Å². The number of tetrazole rings is 1. The SMILES string of the molecule is Cl.c1ccc(CCn2nnnc2CN2CCCc3ccccc32)cc1. The fraction of sp³-hybridized carbons (Fsp3) is 0.316. The zero-order chi connectivity index (χ0) is 16.2. The third kappa shape index (κ3) is 3.99. The average Bonchev–Trinajstić information content (AvgIpc) is 3.08. The molecule has 0 aliphatic carbocycles. The van der Waals surface area contributed by atoms with E-state index < -0.39 is 0 Å². The smallest absolute Gasteiger partial charge is 0.170 e. The van der Waals surface area contributed by atoms with Gasteiger partial charge >= 0.3 is 0 Å². The summed E-state index contributed by atoms with van der Waals surface area (Å²) >= 11 is 0. The molecule has 0 fully saturated rings. The van der Waals surface area contributed by atoms with Crippen LogP contribution in [-0.4, -0.2) is 26.8 Å². The number of aryl methyl sites for hydroxylation is 3. The van der Waals surface area contributed by atoms with Gasteiger partial charge in [0.2, 0.25) is 0 Å². The second-order valence-electron chi connectivity index (χ2n) is 6.21. The Balaban J connectivity index is 0.00000182. The Labute approximate surface area is 154 Å². The minimum absolute atomic E-state index is 0. The van der Waals surface area contributed by atoms with Gasteiger partial charge in [0.25, 0.3) is 0 Å². The molecule has 0 saturated heterocycles. The van der Waals surface area contributed by atoms with E-state index in [4.69, 9.17) is 0 Å². The van der Waals surface area contributed by atoms with Gasteiger partial charge in [-0.2, -0.15) is 0 Å². The first-order chi connectivity index (χ1) is 11.9. The van der Waals surface area contributed by atoms with Crippen molar-refractivity contribution in [3.8, 4) is 0 Å². The highest BCUT2D eigenvalue weighted by Gasteiger charge is 2.18. The van der Waals surface area contributed by atoms with Gasteiger partial charge in [-0.25, -0.2) is 4.68 Å². The molecule has 130 valence electrons. The maximum Gasteiger partial charge on any atom is 0.170 e. The van der Waals surface area contributed by atoms with E-state index in [9.17, 15) is 0 Å². The molecule has 0 N–H and O–H groups in total. The van der Waals surface area contributed by atoms with Crippen LogP contribution in [0, 0.1) is 0 Å². The summed E-state index contributed by atoms with van der Waals surface area (Å²) in [4.78, 5) is 2.39. The number of aromatic nitrogens is 4. The summed E-state index contributed by atoms with van der Waals surface area (Å²) in [5, 5.41) is 12.3. The number of hydrogen-bond acceptors (Lipinski definition) is 4. The van der Waals surface area contributed by atoms with E-state index in [1.54, 1.807) is 0 Å². The molecule has 0 radical (unpaired) electrons. The van der Waals surface area contributed by atoms with Crippen molar-refractivity contribution >= 4 is 18.1 Å². The van der Waals surface area contributed by atoms with Gasteiger partial charge in [-0.1, -0.05) is 48.5 Å². The molecule has 1 aliphatic rings. The number of hydrogen-bond donors (Lipinski definition) is 0. The normalized spacial score (nSPS) is 13.2. The molecule has 5 nitrogen and oxygen atoms in total. The van der Waals surface area contributed by atoms with Gasteiger partial charge in [0.1, 0.15) is 0 Å². The lowest BCUT2D eigenvalue weighted by Gasteiger charge is -2.30. The molecule has 0 atom stereocenters. The van der Waals surface area contributed by atoms with E-state index in [0.717, 1.165) is 38.3 Å². The summed E-state index contributed by atoms with van der Waals surface area (Å²) in [5.74, 6) is 0.933. The highest BCUT2D eigenvalue weighted by atomic mass is 35.5. The van der Waals surface area contributed by atoms with Crippen LogP contribution in [-0.2, 0) is 25.9 Å². The Morgan fingerprint density at radius 2 is 1.76 bits per heavy atom. The van der Waals surface area contributed by atoms with Crippen molar-refractivity contribution in [2.75, 3.05) is 11.4 Å². The molecule has 0 bridgehead atoms. The molecule has 0 spiro atoms. The largest absolute Gasteiger partial charge is 0.364 e. The fourth-order valence-corrected chi connectivity index (χ4v) is 3.34. The quantitative estimate of drug-likeness (QED) is 0.704. The van der Waals surface area contributed by atoms with Crippen LogP contribution in [0.4, 0.5) is 5.69 Å². The highest BCUT2D eigenvalue weighted by Crippen LogP contribution is 2.27. The molecule has 2 aromatic carbocycles. The first kappa shape index (κ1) is 17.4. The first-order valence-electron chi connectivity index (χ1n) is 8.52. The summed E-state index contributed by atoms with van der Waals surface area (Å²) in [5.41, 5.74) is 4.05. The Morgan fingerprint density at radius 3 is 2.64 bits per heavy atom. The molecule has 6 heteroatoms. The maximum absolute atomic E-state index is 4.26. The predicted octanol–water partition coefficient (Wildman–Crippen LogP) is 3.29. The molecule has 25 heavy (non-hydrogen) atoms. The lowest BCUT2D eigenvalue weighted by molar-refractivity contribution is 0.552. The van der Waals surface area contributed by atoms with Gasteiger partial charge < -0.3 is 4.90 Å². The summed E-state index contributed by atoms with van der Waals surface area (Å²) < 4.78 is 1.93. The van der Waals surface area contributed by atoms with Crippen molar-refractivity contribution in [3.63, 3.8) is 0 Å². The molecular formula is C19H22ClN5. The van der Waals surface area contributed by atoms with E-state index in [1.807, 2.05) is 10.7 Å². The van der Waals surface area contributed by atoms with Crippen LogP contribution < -0.4 is 4.90 Å². The zero-order valence-electron chi connectivity index (χ0n) is 14.1. The Bertz CT molecular complexity index is 802. The third-order valence-corrected chi connectivity index (χ3v) is 4.60. The van der Waals surface area contributed by atoms with Crippen molar-refractivity contribution in [1.82, 2.24) is 20.2 Å². The van der Waals surface area contributed by atoms with Gasteiger partial charge in [0, 0.05) is 18.8 Å². The van der Waals surface area contributed by atoms with E-state index in [-0.39, 0.29) is 12.4 Å². The van der Waals surface area contributed by atoms with Gasteiger partial charge in [0.05, 0.1) is 6.54 Å². The van der Waals surface area contributed by atoms with Gasteiger partial charge in [0.15, 0.2) is 5.82 Å². The molecule has 1 aliphatic heterocycles. The van der Waals surface area contributed by atoms with Crippen LogP contribution in [0.2, 0.25) is 0 Å². The summed E-state index contributed by atoms with van der Waals surface area (Å²) in [7, 11) is 0. The third-order valence-electron chi connectivity index (χ3n) is 4.60. The molecule has 0 saturated carbocycles. The maximum atomic E-state index is 4.26. The lowest BCUT2D eigenvalue weighted by Crippen LogP contribution is -2.30. The van der Waals surface area contributed by atoms with E-state index in [1.165, 1.54) is 23.2 Å². The van der Waals surface area contributed by atoms with Crippen LogP contribution in [0.3, 0.4) is 0 Å². The van der Waals surface area contributed by atoms with Gasteiger partial charge in [-0.3, -0.25) is 0 Å². The Kier molecular flexibility index (Phi) is 5.66. The van der Waals surface area contributed by atoms with Crippen molar-refractivity contribution in [2.45, 2.75) is 32.4 Å². The summed E-state index contributed by atoms with van der Waals surface area (Å²) in [6.45, 7) is 2.63. The number of halogens is 1. The summed E-state index contributed by atoms with van der Waals surface area (Å²) in [6, 6.07) is 19.1. The molecule has 4 rings (SSSR count). The van der Waals surface area contributed by atoms with E-state index in [2.05, 4.69) is 69.0 Å². The first-order valence-corrected chi connectivity index (χ1v) is 8.52. The monoisotopic (exact) mass is 355 g/mol. The summed E-state index contributed by atoms with van der Waals surface area (Å²) in [6.07, 6.45) is 3.28.